The predicted molar refractivity (Wildman–Crippen MR) is 65.1 cm³/mol. The molecule has 0 aliphatic carbocycles. The summed E-state index contributed by atoms with van der Waals surface area (Å²) in [7, 11) is 0. The van der Waals surface area contributed by atoms with Gasteiger partial charge in [0.2, 0.25) is 0 Å². The van der Waals surface area contributed by atoms with Crippen molar-refractivity contribution in [2.75, 3.05) is 12.3 Å². The van der Waals surface area contributed by atoms with E-state index in [0.29, 0.717) is 0 Å². The summed E-state index contributed by atoms with van der Waals surface area (Å²) in [4.78, 5) is 4.18. The number of nitriles is 1. The summed E-state index contributed by atoms with van der Waals surface area (Å²) >= 11 is 3.24. The Hall–Kier alpha value is -0.570. The van der Waals surface area contributed by atoms with Gasteiger partial charge in [0.15, 0.2) is 0 Å². The van der Waals surface area contributed by atoms with Crippen LogP contribution in [0.4, 0.5) is 0 Å². The highest BCUT2D eigenvalue weighted by Gasteiger charge is 2.23. The van der Waals surface area contributed by atoms with Gasteiger partial charge in [-0.2, -0.15) is 5.26 Å². The summed E-state index contributed by atoms with van der Waals surface area (Å²) in [6.45, 7) is 4.91. The van der Waals surface area contributed by atoms with E-state index >= 15 is 0 Å². The molecule has 0 aliphatic heterocycles. The van der Waals surface area contributed by atoms with Crippen LogP contribution < -0.4 is 5.32 Å². The Labute approximate surface area is 98.9 Å². The highest BCUT2D eigenvalue weighted by Crippen LogP contribution is 2.24. The fourth-order valence-electron chi connectivity index (χ4n) is 1.01. The molecule has 0 saturated carbocycles. The second kappa shape index (κ2) is 6.11. The van der Waals surface area contributed by atoms with Crippen LogP contribution in [0, 0.1) is 11.3 Å². The van der Waals surface area contributed by atoms with E-state index in [1.54, 1.807) is 29.3 Å². The summed E-state index contributed by atoms with van der Waals surface area (Å²) in [5.74, 6) is 0.733. The van der Waals surface area contributed by atoms with Crippen LogP contribution in [0.2, 0.25) is 0 Å². The lowest BCUT2D eigenvalue weighted by molar-refractivity contribution is 0.493. The van der Waals surface area contributed by atoms with Gasteiger partial charge >= 0.3 is 0 Å². The fourth-order valence-corrected chi connectivity index (χ4v) is 2.70. The van der Waals surface area contributed by atoms with Crippen LogP contribution in [-0.4, -0.2) is 22.8 Å². The highest BCUT2D eigenvalue weighted by atomic mass is 32.2. The zero-order valence-corrected chi connectivity index (χ0v) is 10.6. The third kappa shape index (κ3) is 4.20. The van der Waals surface area contributed by atoms with Gasteiger partial charge in [-0.3, -0.25) is 5.32 Å². The smallest absolute Gasteiger partial charge is 0.149 e. The van der Waals surface area contributed by atoms with Crippen molar-refractivity contribution in [2.24, 2.45) is 0 Å². The number of hydrogen-bond acceptors (Lipinski definition) is 5. The summed E-state index contributed by atoms with van der Waals surface area (Å²) in [5, 5.41) is 14.3. The molecular weight excluding hydrogens is 226 g/mol. The van der Waals surface area contributed by atoms with Crippen molar-refractivity contribution >= 4 is 23.1 Å². The van der Waals surface area contributed by atoms with E-state index < -0.39 is 5.54 Å². The lowest BCUT2D eigenvalue weighted by atomic mass is 10.1. The van der Waals surface area contributed by atoms with Gasteiger partial charge in [0.1, 0.15) is 9.88 Å². The minimum atomic E-state index is -0.452. The van der Waals surface area contributed by atoms with Crippen LogP contribution in [-0.2, 0) is 0 Å². The molecular formula is C10H15N3S2. The number of thioether (sulfide) groups is 1. The molecule has 1 heterocycles. The minimum Gasteiger partial charge on any atom is -0.299 e. The second-order valence-corrected chi connectivity index (χ2v) is 5.57. The molecule has 0 aliphatic rings. The van der Waals surface area contributed by atoms with E-state index in [2.05, 4.69) is 23.3 Å². The maximum absolute atomic E-state index is 9.10. The first-order chi connectivity index (χ1) is 7.20. The summed E-state index contributed by atoms with van der Waals surface area (Å²) in [5.41, 5.74) is -0.452. The number of thiazole rings is 1. The summed E-state index contributed by atoms with van der Waals surface area (Å²) < 4.78 is 1.02. The molecule has 0 aromatic carbocycles. The topological polar surface area (TPSA) is 48.7 Å². The minimum absolute atomic E-state index is 0.452. The molecule has 15 heavy (non-hydrogen) atoms. The van der Waals surface area contributed by atoms with Crippen LogP contribution in [0.5, 0.6) is 0 Å². The second-order valence-electron chi connectivity index (χ2n) is 3.46. The van der Waals surface area contributed by atoms with Gasteiger partial charge in [-0.05, 0) is 19.9 Å². The third-order valence-corrected chi connectivity index (χ3v) is 4.19. The normalized spacial score (nSPS) is 14.5. The van der Waals surface area contributed by atoms with Gasteiger partial charge in [0.25, 0.3) is 0 Å². The molecule has 0 bridgehead atoms. The van der Waals surface area contributed by atoms with Crippen LogP contribution in [0.15, 0.2) is 15.9 Å². The first-order valence-electron chi connectivity index (χ1n) is 4.89. The molecule has 82 valence electrons. The maximum Gasteiger partial charge on any atom is 0.149 e. The summed E-state index contributed by atoms with van der Waals surface area (Å²) in [6.07, 6.45) is 2.83. The van der Waals surface area contributed by atoms with Crippen LogP contribution >= 0.6 is 23.1 Å². The van der Waals surface area contributed by atoms with E-state index in [-0.39, 0.29) is 0 Å². The zero-order valence-electron chi connectivity index (χ0n) is 8.99. The van der Waals surface area contributed by atoms with Gasteiger partial charge in [-0.1, -0.05) is 18.7 Å². The van der Waals surface area contributed by atoms with Crippen molar-refractivity contribution in [3.8, 4) is 6.07 Å². The van der Waals surface area contributed by atoms with Crippen molar-refractivity contribution in [1.82, 2.24) is 10.3 Å². The lowest BCUT2D eigenvalue weighted by Gasteiger charge is -2.21. The number of nitrogens with zero attached hydrogens (tertiary/aromatic N) is 2. The maximum atomic E-state index is 9.10. The van der Waals surface area contributed by atoms with Gasteiger partial charge < -0.3 is 0 Å². The molecule has 3 nitrogen and oxygen atoms in total. The molecule has 0 fully saturated rings. The van der Waals surface area contributed by atoms with E-state index in [1.807, 2.05) is 12.3 Å². The quantitative estimate of drug-likeness (QED) is 0.777. The number of nitrogens with one attached hydrogen (secondary N) is 1. The molecule has 1 aromatic heterocycles. The Morgan fingerprint density at radius 3 is 3.07 bits per heavy atom. The van der Waals surface area contributed by atoms with Gasteiger partial charge in [0, 0.05) is 17.3 Å². The molecule has 0 amide bonds. The van der Waals surface area contributed by atoms with Gasteiger partial charge in [-0.25, -0.2) is 4.98 Å². The van der Waals surface area contributed by atoms with Gasteiger partial charge in [-0.15, -0.1) is 11.3 Å². The molecule has 0 spiro atoms. The SMILES string of the molecule is CCCNC(C)(C#N)CSc1nccs1. The van der Waals surface area contributed by atoms with Crippen LogP contribution in [0.25, 0.3) is 0 Å². The molecule has 1 unspecified atom stereocenters. The summed E-state index contributed by atoms with van der Waals surface area (Å²) in [6, 6.07) is 2.32. The Bertz CT molecular complexity index is 318. The Kier molecular flexibility index (Phi) is 5.09. The number of aromatic nitrogens is 1. The average molecular weight is 241 g/mol. The standard InChI is InChI=1S/C10H15N3S2/c1-3-4-13-10(2,7-11)8-15-9-12-5-6-14-9/h5-6,13H,3-4,8H2,1-2H3. The first-order valence-corrected chi connectivity index (χ1v) is 6.75. The Morgan fingerprint density at radius 2 is 2.53 bits per heavy atom. The van der Waals surface area contributed by atoms with Crippen molar-refractivity contribution in [2.45, 2.75) is 30.1 Å². The molecule has 0 radical (unpaired) electrons. The van der Waals surface area contributed by atoms with Crippen molar-refractivity contribution in [1.29, 1.82) is 5.26 Å². The molecule has 1 atom stereocenters. The van der Waals surface area contributed by atoms with Crippen molar-refractivity contribution in [3.63, 3.8) is 0 Å². The fraction of sp³-hybridized carbons (Fsp3) is 0.600. The Morgan fingerprint density at radius 1 is 1.73 bits per heavy atom. The molecule has 1 N–H and O–H groups in total. The lowest BCUT2D eigenvalue weighted by Crippen LogP contribution is -2.43. The zero-order chi connectivity index (χ0) is 11.1. The van der Waals surface area contributed by atoms with E-state index in [0.717, 1.165) is 23.1 Å². The predicted octanol–water partition coefficient (Wildman–Crippen LogP) is 2.52. The number of hydrogen-bond donors (Lipinski definition) is 1. The molecule has 0 saturated heterocycles. The average Bonchev–Trinajstić information content (AvgIpc) is 2.76. The van der Waals surface area contributed by atoms with Gasteiger partial charge in [0.05, 0.1) is 6.07 Å². The Balaban J connectivity index is 2.43. The van der Waals surface area contributed by atoms with E-state index in [4.69, 9.17) is 5.26 Å². The molecule has 1 aromatic rings. The monoisotopic (exact) mass is 241 g/mol. The van der Waals surface area contributed by atoms with Crippen molar-refractivity contribution in [3.05, 3.63) is 11.6 Å². The largest absolute Gasteiger partial charge is 0.299 e. The molecule has 1 rings (SSSR count). The van der Waals surface area contributed by atoms with Crippen LogP contribution in [0.3, 0.4) is 0 Å². The van der Waals surface area contributed by atoms with E-state index in [1.165, 1.54) is 0 Å². The third-order valence-electron chi connectivity index (χ3n) is 1.91. The van der Waals surface area contributed by atoms with E-state index in [9.17, 15) is 0 Å². The molecule has 5 heteroatoms. The van der Waals surface area contributed by atoms with Crippen LogP contribution in [0.1, 0.15) is 20.3 Å². The number of rotatable bonds is 6. The first kappa shape index (κ1) is 12.5. The highest BCUT2D eigenvalue weighted by molar-refractivity contribution is 8.01. The van der Waals surface area contributed by atoms with Crippen molar-refractivity contribution < 1.29 is 0 Å².